The van der Waals surface area contributed by atoms with Crippen molar-refractivity contribution in [3.05, 3.63) is 40.6 Å². The van der Waals surface area contributed by atoms with Crippen molar-refractivity contribution in [2.45, 2.75) is 0 Å². The summed E-state index contributed by atoms with van der Waals surface area (Å²) >= 11 is 0. The number of hydrogen-bond donors (Lipinski definition) is 1. The maximum absolute atomic E-state index is 11.5. The van der Waals surface area contributed by atoms with Crippen LogP contribution in [0.4, 0.5) is 0 Å². The standard InChI is InChI=1S/C9H8N2O3/c1-10-2-3-11-5-6(9(13)14)4-7(11)8(10)12/h2-5H,1H3,(H,13,14). The molecule has 2 rings (SSSR count). The molecule has 0 spiro atoms. The quantitative estimate of drug-likeness (QED) is 0.708. The van der Waals surface area contributed by atoms with Crippen molar-refractivity contribution in [2.75, 3.05) is 0 Å². The number of nitrogens with zero attached hydrogens (tertiary/aromatic N) is 2. The van der Waals surface area contributed by atoms with Crippen LogP contribution in [-0.4, -0.2) is 20.0 Å². The minimum absolute atomic E-state index is 0.119. The number of carboxylic acids is 1. The predicted octanol–water partition coefficient (Wildman–Crippen LogP) is 0.336. The fourth-order valence-corrected chi connectivity index (χ4v) is 1.31. The molecule has 0 aliphatic heterocycles. The summed E-state index contributed by atoms with van der Waals surface area (Å²) in [7, 11) is 1.62. The highest BCUT2D eigenvalue weighted by Crippen LogP contribution is 2.05. The van der Waals surface area contributed by atoms with Crippen molar-refractivity contribution < 1.29 is 9.90 Å². The molecule has 0 aromatic carbocycles. The highest BCUT2D eigenvalue weighted by Gasteiger charge is 2.08. The number of fused-ring (bicyclic) bond motifs is 1. The minimum atomic E-state index is -1.03. The predicted molar refractivity (Wildman–Crippen MR) is 49.6 cm³/mol. The number of hydrogen-bond acceptors (Lipinski definition) is 2. The Bertz CT molecular complexity index is 565. The van der Waals surface area contributed by atoms with Crippen LogP contribution < -0.4 is 5.56 Å². The largest absolute Gasteiger partial charge is 0.478 e. The molecule has 2 aromatic heterocycles. The van der Waals surface area contributed by atoms with Gasteiger partial charge in [0.1, 0.15) is 5.52 Å². The smallest absolute Gasteiger partial charge is 0.337 e. The molecule has 0 aliphatic rings. The molecule has 0 saturated carbocycles. The summed E-state index contributed by atoms with van der Waals surface area (Å²) in [6.45, 7) is 0. The molecule has 1 N–H and O–H groups in total. The summed E-state index contributed by atoms with van der Waals surface area (Å²) in [6, 6.07) is 1.37. The number of rotatable bonds is 1. The highest BCUT2D eigenvalue weighted by molar-refractivity contribution is 5.89. The first-order chi connectivity index (χ1) is 6.59. The normalized spacial score (nSPS) is 10.6. The Labute approximate surface area is 78.8 Å². The van der Waals surface area contributed by atoms with Crippen LogP contribution in [0.25, 0.3) is 5.52 Å². The molecule has 0 amide bonds. The van der Waals surface area contributed by atoms with Gasteiger partial charge in [0, 0.05) is 25.6 Å². The van der Waals surface area contributed by atoms with E-state index in [1.54, 1.807) is 19.4 Å². The third kappa shape index (κ3) is 1.10. The maximum Gasteiger partial charge on any atom is 0.337 e. The topological polar surface area (TPSA) is 63.7 Å². The zero-order valence-corrected chi connectivity index (χ0v) is 7.47. The van der Waals surface area contributed by atoms with E-state index < -0.39 is 5.97 Å². The van der Waals surface area contributed by atoms with Crippen molar-refractivity contribution in [3.63, 3.8) is 0 Å². The summed E-state index contributed by atoms with van der Waals surface area (Å²) in [4.78, 5) is 22.2. The first-order valence-corrected chi connectivity index (χ1v) is 4.00. The molecule has 5 nitrogen and oxygen atoms in total. The Hall–Kier alpha value is -2.04. The molecule has 2 heterocycles. The molecule has 0 aliphatic carbocycles. The van der Waals surface area contributed by atoms with E-state index >= 15 is 0 Å². The van der Waals surface area contributed by atoms with Crippen molar-refractivity contribution in [3.8, 4) is 0 Å². The Balaban J connectivity index is 2.84. The SMILES string of the molecule is Cn1ccn2cc(C(=O)O)cc2c1=O. The number of carbonyl (C=O) groups is 1. The molecule has 0 atom stereocenters. The molecule has 72 valence electrons. The molecule has 2 aromatic rings. The summed E-state index contributed by atoms with van der Waals surface area (Å²) in [5.74, 6) is -1.03. The van der Waals surface area contributed by atoms with Crippen LogP contribution in [0.3, 0.4) is 0 Å². The van der Waals surface area contributed by atoms with Crippen molar-refractivity contribution in [1.82, 2.24) is 8.97 Å². The Morgan fingerprint density at radius 2 is 2.14 bits per heavy atom. The molecule has 0 fully saturated rings. The maximum atomic E-state index is 11.5. The van der Waals surface area contributed by atoms with Gasteiger partial charge in [-0.3, -0.25) is 4.79 Å². The van der Waals surface area contributed by atoms with Gasteiger partial charge in [-0.2, -0.15) is 0 Å². The zero-order valence-electron chi connectivity index (χ0n) is 7.47. The fourth-order valence-electron chi connectivity index (χ4n) is 1.31. The number of carboxylic acid groups (broad SMARTS) is 1. The second-order valence-electron chi connectivity index (χ2n) is 3.04. The third-order valence-electron chi connectivity index (χ3n) is 2.09. The lowest BCUT2D eigenvalue weighted by Gasteiger charge is -1.96. The van der Waals surface area contributed by atoms with E-state index in [-0.39, 0.29) is 11.1 Å². The monoisotopic (exact) mass is 192 g/mol. The Kier molecular flexibility index (Phi) is 1.67. The van der Waals surface area contributed by atoms with Gasteiger partial charge in [-0.1, -0.05) is 0 Å². The third-order valence-corrected chi connectivity index (χ3v) is 2.09. The van der Waals surface area contributed by atoms with Crippen LogP contribution in [-0.2, 0) is 7.05 Å². The molecule has 14 heavy (non-hydrogen) atoms. The van der Waals surface area contributed by atoms with Gasteiger partial charge < -0.3 is 14.1 Å². The second-order valence-corrected chi connectivity index (χ2v) is 3.04. The van der Waals surface area contributed by atoms with Gasteiger partial charge in [-0.25, -0.2) is 4.79 Å². The molecule has 0 unspecified atom stereocenters. The summed E-state index contributed by atoms with van der Waals surface area (Å²) < 4.78 is 2.91. The summed E-state index contributed by atoms with van der Waals surface area (Å²) in [5, 5.41) is 8.72. The van der Waals surface area contributed by atoms with Crippen LogP contribution in [0.5, 0.6) is 0 Å². The second kappa shape index (κ2) is 2.73. The number of aryl methyl sites for hydroxylation is 1. The molecule has 0 saturated heterocycles. The summed E-state index contributed by atoms with van der Waals surface area (Å²) in [5.41, 5.74) is 0.278. The zero-order chi connectivity index (χ0) is 10.3. The van der Waals surface area contributed by atoms with E-state index in [1.807, 2.05) is 0 Å². The van der Waals surface area contributed by atoms with Crippen LogP contribution in [0.15, 0.2) is 29.5 Å². The lowest BCUT2D eigenvalue weighted by atomic mass is 10.3. The lowest BCUT2D eigenvalue weighted by molar-refractivity contribution is 0.0697. The van der Waals surface area contributed by atoms with E-state index in [9.17, 15) is 9.59 Å². The highest BCUT2D eigenvalue weighted by atomic mass is 16.4. The molecular formula is C9H8N2O3. The van der Waals surface area contributed by atoms with Gasteiger partial charge in [0.15, 0.2) is 0 Å². The van der Waals surface area contributed by atoms with Gasteiger partial charge in [0.2, 0.25) is 0 Å². The fraction of sp³-hybridized carbons (Fsp3) is 0.111. The van der Waals surface area contributed by atoms with E-state index in [0.717, 1.165) is 0 Å². The van der Waals surface area contributed by atoms with E-state index in [2.05, 4.69) is 0 Å². The molecular weight excluding hydrogens is 184 g/mol. The number of aromatic carboxylic acids is 1. The molecule has 0 bridgehead atoms. The lowest BCUT2D eigenvalue weighted by Crippen LogP contribution is -2.17. The van der Waals surface area contributed by atoms with Crippen molar-refractivity contribution in [1.29, 1.82) is 0 Å². The molecule has 0 radical (unpaired) electrons. The first-order valence-electron chi connectivity index (χ1n) is 4.00. The Morgan fingerprint density at radius 1 is 1.43 bits per heavy atom. The average molecular weight is 192 g/mol. The number of aromatic nitrogens is 2. The van der Waals surface area contributed by atoms with Crippen LogP contribution in [0, 0.1) is 0 Å². The van der Waals surface area contributed by atoms with E-state index in [4.69, 9.17) is 5.11 Å². The molecule has 5 heteroatoms. The Morgan fingerprint density at radius 3 is 2.79 bits per heavy atom. The average Bonchev–Trinajstić information content (AvgIpc) is 2.56. The van der Waals surface area contributed by atoms with Crippen LogP contribution in [0.1, 0.15) is 10.4 Å². The van der Waals surface area contributed by atoms with Gasteiger partial charge >= 0.3 is 5.97 Å². The van der Waals surface area contributed by atoms with E-state index in [0.29, 0.717) is 5.52 Å². The van der Waals surface area contributed by atoms with Gasteiger partial charge in [-0.15, -0.1) is 0 Å². The van der Waals surface area contributed by atoms with Crippen molar-refractivity contribution in [2.24, 2.45) is 7.05 Å². The van der Waals surface area contributed by atoms with E-state index in [1.165, 1.54) is 21.2 Å². The van der Waals surface area contributed by atoms with Gasteiger partial charge in [0.25, 0.3) is 5.56 Å². The minimum Gasteiger partial charge on any atom is -0.478 e. The van der Waals surface area contributed by atoms with Crippen molar-refractivity contribution >= 4 is 11.5 Å². The van der Waals surface area contributed by atoms with Crippen LogP contribution in [0.2, 0.25) is 0 Å². The van der Waals surface area contributed by atoms with Crippen LogP contribution >= 0.6 is 0 Å². The summed E-state index contributed by atoms with van der Waals surface area (Å²) in [6.07, 6.45) is 4.64. The van der Waals surface area contributed by atoms with Gasteiger partial charge in [-0.05, 0) is 6.07 Å². The van der Waals surface area contributed by atoms with Gasteiger partial charge in [0.05, 0.1) is 5.56 Å². The first kappa shape index (κ1) is 8.55.